The van der Waals surface area contributed by atoms with Gasteiger partial charge in [-0.1, -0.05) is 11.6 Å². The first-order valence-corrected chi connectivity index (χ1v) is 10.9. The summed E-state index contributed by atoms with van der Waals surface area (Å²) in [6.07, 6.45) is 3.65. The SMILES string of the molecule is COCCOc1cc2nccc(Oc3ccc(NC(=O)NC4CC4)c(Cl)c3)c2cc1OCN. The molecule has 4 N–H and O–H groups in total. The van der Waals surface area contributed by atoms with Crippen molar-refractivity contribution in [2.45, 2.75) is 18.9 Å². The van der Waals surface area contributed by atoms with Crippen molar-refractivity contribution in [2.75, 3.05) is 32.4 Å². The maximum Gasteiger partial charge on any atom is 0.319 e. The van der Waals surface area contributed by atoms with Crippen LogP contribution in [-0.4, -0.2) is 44.1 Å². The molecule has 1 heterocycles. The molecule has 1 saturated carbocycles. The average Bonchev–Trinajstić information content (AvgIpc) is 3.60. The molecule has 1 aliphatic carbocycles. The van der Waals surface area contributed by atoms with Gasteiger partial charge >= 0.3 is 6.03 Å². The number of urea groups is 1. The Morgan fingerprint density at radius 1 is 1.12 bits per heavy atom. The number of anilines is 1. The molecule has 0 radical (unpaired) electrons. The van der Waals surface area contributed by atoms with Crippen molar-refractivity contribution < 1.29 is 23.7 Å². The van der Waals surface area contributed by atoms with E-state index in [9.17, 15) is 4.79 Å². The number of benzene rings is 2. The van der Waals surface area contributed by atoms with Crippen LogP contribution in [0.15, 0.2) is 42.6 Å². The molecule has 9 nitrogen and oxygen atoms in total. The normalized spacial score (nSPS) is 12.9. The number of carbonyl (C=O) groups excluding carboxylic acids is 1. The minimum Gasteiger partial charge on any atom is -0.487 e. The summed E-state index contributed by atoms with van der Waals surface area (Å²) in [5, 5.41) is 6.68. The van der Waals surface area contributed by atoms with Crippen LogP contribution in [0.25, 0.3) is 10.9 Å². The summed E-state index contributed by atoms with van der Waals surface area (Å²) in [4.78, 5) is 16.4. The molecule has 0 bridgehead atoms. The maximum absolute atomic E-state index is 12.0. The van der Waals surface area contributed by atoms with Gasteiger partial charge in [0.1, 0.15) is 24.8 Å². The fourth-order valence-corrected chi connectivity index (χ4v) is 3.34. The lowest BCUT2D eigenvalue weighted by Crippen LogP contribution is -2.30. The lowest BCUT2D eigenvalue weighted by Gasteiger charge is -2.15. The van der Waals surface area contributed by atoms with E-state index >= 15 is 0 Å². The van der Waals surface area contributed by atoms with Gasteiger partial charge in [0.15, 0.2) is 11.5 Å². The molecule has 4 rings (SSSR count). The van der Waals surface area contributed by atoms with Crippen LogP contribution in [0, 0.1) is 0 Å². The van der Waals surface area contributed by atoms with Gasteiger partial charge in [-0.25, -0.2) is 4.79 Å². The van der Waals surface area contributed by atoms with E-state index in [0.717, 1.165) is 12.8 Å². The van der Waals surface area contributed by atoms with Crippen molar-refractivity contribution in [3.8, 4) is 23.0 Å². The first-order chi connectivity index (χ1) is 16.1. The fraction of sp³-hybridized carbons (Fsp3) is 0.304. The highest BCUT2D eigenvalue weighted by Gasteiger charge is 2.23. The number of carbonyl (C=O) groups is 1. The molecule has 1 fully saturated rings. The second-order valence-electron chi connectivity index (χ2n) is 7.39. The number of amides is 2. The molecule has 10 heteroatoms. The summed E-state index contributed by atoms with van der Waals surface area (Å²) in [5.74, 6) is 2.03. The van der Waals surface area contributed by atoms with Crippen LogP contribution >= 0.6 is 11.6 Å². The van der Waals surface area contributed by atoms with Crippen LogP contribution in [-0.2, 0) is 4.74 Å². The summed E-state index contributed by atoms with van der Waals surface area (Å²) in [5.41, 5.74) is 6.74. The second kappa shape index (κ2) is 10.6. The molecular formula is C23H25ClN4O5. The molecule has 33 heavy (non-hydrogen) atoms. The third kappa shape index (κ3) is 5.95. The molecule has 1 aromatic heterocycles. The lowest BCUT2D eigenvalue weighted by molar-refractivity contribution is 0.143. The summed E-state index contributed by atoms with van der Waals surface area (Å²) in [6, 6.07) is 10.3. The Balaban J connectivity index is 1.55. The number of rotatable bonds is 10. The number of pyridine rings is 1. The van der Waals surface area contributed by atoms with Crippen LogP contribution in [0.3, 0.4) is 0 Å². The monoisotopic (exact) mass is 472 g/mol. The minimum atomic E-state index is -0.274. The Morgan fingerprint density at radius 2 is 1.94 bits per heavy atom. The molecule has 3 aromatic rings. The molecule has 2 aromatic carbocycles. The summed E-state index contributed by atoms with van der Waals surface area (Å²) in [7, 11) is 1.60. The Morgan fingerprint density at radius 3 is 2.67 bits per heavy atom. The maximum atomic E-state index is 12.0. The van der Waals surface area contributed by atoms with Crippen molar-refractivity contribution >= 4 is 34.2 Å². The molecule has 0 aliphatic heterocycles. The van der Waals surface area contributed by atoms with E-state index in [1.54, 1.807) is 49.7 Å². The van der Waals surface area contributed by atoms with Crippen LogP contribution < -0.4 is 30.6 Å². The van der Waals surface area contributed by atoms with E-state index in [-0.39, 0.29) is 18.8 Å². The first-order valence-electron chi connectivity index (χ1n) is 10.5. The van der Waals surface area contributed by atoms with Gasteiger partial charge in [-0.3, -0.25) is 10.7 Å². The number of hydrogen-bond donors (Lipinski definition) is 3. The predicted molar refractivity (Wildman–Crippen MR) is 125 cm³/mol. The van der Waals surface area contributed by atoms with E-state index in [0.29, 0.717) is 57.8 Å². The Labute approximate surface area is 196 Å². The molecule has 0 saturated heterocycles. The van der Waals surface area contributed by atoms with Crippen LogP contribution in [0.2, 0.25) is 5.02 Å². The second-order valence-corrected chi connectivity index (χ2v) is 7.80. The van der Waals surface area contributed by atoms with Crippen molar-refractivity contribution in [2.24, 2.45) is 5.73 Å². The van der Waals surface area contributed by atoms with E-state index in [4.69, 9.17) is 36.3 Å². The number of nitrogens with two attached hydrogens (primary N) is 1. The molecule has 1 aliphatic rings. The van der Waals surface area contributed by atoms with Gasteiger partial charge in [-0.15, -0.1) is 0 Å². The smallest absolute Gasteiger partial charge is 0.319 e. The minimum absolute atomic E-state index is 0.0129. The molecule has 0 unspecified atom stereocenters. The zero-order valence-corrected chi connectivity index (χ0v) is 18.9. The zero-order valence-electron chi connectivity index (χ0n) is 18.1. The van der Waals surface area contributed by atoms with Gasteiger partial charge in [0.05, 0.1) is 22.8 Å². The van der Waals surface area contributed by atoms with Gasteiger partial charge in [0.2, 0.25) is 0 Å². The van der Waals surface area contributed by atoms with Gasteiger partial charge < -0.3 is 29.6 Å². The number of aromatic nitrogens is 1. The number of methoxy groups -OCH3 is 1. The number of ether oxygens (including phenoxy) is 4. The number of halogens is 1. The van der Waals surface area contributed by atoms with Crippen molar-refractivity contribution in [1.29, 1.82) is 0 Å². The third-order valence-corrected chi connectivity index (χ3v) is 5.19. The number of nitrogens with one attached hydrogen (secondary N) is 2. The molecule has 2 amide bonds. The van der Waals surface area contributed by atoms with Crippen molar-refractivity contribution in [3.05, 3.63) is 47.6 Å². The van der Waals surface area contributed by atoms with Gasteiger partial charge in [0, 0.05) is 36.9 Å². The highest BCUT2D eigenvalue weighted by atomic mass is 35.5. The number of nitrogens with zero attached hydrogens (tertiary/aromatic N) is 1. The average molecular weight is 473 g/mol. The third-order valence-electron chi connectivity index (χ3n) is 4.88. The Bertz CT molecular complexity index is 1140. The zero-order chi connectivity index (χ0) is 23.2. The van der Waals surface area contributed by atoms with E-state index in [1.165, 1.54) is 0 Å². The largest absolute Gasteiger partial charge is 0.487 e. The Hall–Kier alpha value is -3.27. The highest BCUT2D eigenvalue weighted by Crippen LogP contribution is 2.38. The van der Waals surface area contributed by atoms with Crippen molar-refractivity contribution in [1.82, 2.24) is 10.3 Å². The topological polar surface area (TPSA) is 117 Å². The predicted octanol–water partition coefficient (Wildman–Crippen LogP) is 4.28. The Kier molecular flexibility index (Phi) is 7.33. The standard InChI is InChI=1S/C23H25ClN4O5/c1-30-8-9-31-22-12-19-16(11-21(22)32-13-25)20(6-7-26-19)33-15-4-5-18(17(24)10-15)28-23(29)27-14-2-3-14/h4-7,10-12,14H,2-3,8-9,13,25H2,1H3,(H2,27,28,29). The lowest BCUT2D eigenvalue weighted by atomic mass is 10.1. The van der Waals surface area contributed by atoms with Crippen LogP contribution in [0.5, 0.6) is 23.0 Å². The molecular weight excluding hydrogens is 448 g/mol. The van der Waals surface area contributed by atoms with Gasteiger partial charge in [-0.05, 0) is 37.1 Å². The summed E-state index contributed by atoms with van der Waals surface area (Å²) < 4.78 is 22.4. The van der Waals surface area contributed by atoms with Gasteiger partial charge in [-0.2, -0.15) is 0 Å². The molecule has 0 spiro atoms. The van der Waals surface area contributed by atoms with E-state index < -0.39 is 0 Å². The first kappa shape index (κ1) is 22.9. The summed E-state index contributed by atoms with van der Waals surface area (Å²) >= 11 is 6.36. The van der Waals surface area contributed by atoms with E-state index in [2.05, 4.69) is 15.6 Å². The highest BCUT2D eigenvalue weighted by molar-refractivity contribution is 6.33. The summed E-state index contributed by atoms with van der Waals surface area (Å²) in [6.45, 7) is 0.780. The number of fused-ring (bicyclic) bond motifs is 1. The number of hydrogen-bond acceptors (Lipinski definition) is 7. The molecule has 0 atom stereocenters. The van der Waals surface area contributed by atoms with Crippen LogP contribution in [0.4, 0.5) is 10.5 Å². The van der Waals surface area contributed by atoms with Crippen molar-refractivity contribution in [3.63, 3.8) is 0 Å². The van der Waals surface area contributed by atoms with Crippen LogP contribution in [0.1, 0.15) is 12.8 Å². The quantitative estimate of drug-likeness (QED) is 0.297. The van der Waals surface area contributed by atoms with E-state index in [1.807, 2.05) is 0 Å². The molecule has 174 valence electrons. The fourth-order valence-electron chi connectivity index (χ4n) is 3.13. The van der Waals surface area contributed by atoms with Gasteiger partial charge in [0.25, 0.3) is 0 Å².